The summed E-state index contributed by atoms with van der Waals surface area (Å²) in [4.78, 5) is 4.17. The maximum absolute atomic E-state index is 5.81. The summed E-state index contributed by atoms with van der Waals surface area (Å²) < 4.78 is 4.96. The largest absolute Gasteiger partial charge is 0.329 e. The van der Waals surface area contributed by atoms with E-state index < -0.39 is 0 Å². The first-order chi connectivity index (χ1) is 7.79. The normalized spacial score (nSPS) is 12.6. The van der Waals surface area contributed by atoms with Crippen LogP contribution in [0.15, 0.2) is 34.9 Å². The van der Waals surface area contributed by atoms with Crippen molar-refractivity contribution in [1.82, 2.24) is 9.36 Å². The summed E-state index contributed by atoms with van der Waals surface area (Å²) >= 11 is 3.09. The molecule has 0 aliphatic carbocycles. The van der Waals surface area contributed by atoms with Gasteiger partial charge in [-0.15, -0.1) is 0 Å². The molecule has 0 saturated heterocycles. The third-order valence-electron chi connectivity index (χ3n) is 2.21. The third kappa shape index (κ3) is 2.81. The first-order valence-electron chi connectivity index (χ1n) is 4.99. The summed E-state index contributed by atoms with van der Waals surface area (Å²) in [7, 11) is 0. The molecule has 5 heteroatoms. The zero-order chi connectivity index (χ0) is 11.4. The van der Waals surface area contributed by atoms with E-state index in [0.29, 0.717) is 6.54 Å². The van der Waals surface area contributed by atoms with Crippen molar-refractivity contribution in [3.05, 3.63) is 41.7 Å². The van der Waals surface area contributed by atoms with Gasteiger partial charge in [0.1, 0.15) is 6.33 Å². The highest BCUT2D eigenvalue weighted by Crippen LogP contribution is 2.34. The van der Waals surface area contributed by atoms with Crippen LogP contribution in [0.25, 0.3) is 0 Å². The Hall–Kier alpha value is -0.910. The molecule has 0 aliphatic heterocycles. The van der Waals surface area contributed by atoms with Gasteiger partial charge in [-0.3, -0.25) is 0 Å². The molecule has 3 nitrogen and oxygen atoms in total. The number of aromatic nitrogens is 2. The fourth-order valence-electron chi connectivity index (χ4n) is 1.46. The molecular weight excluding hydrogens is 238 g/mol. The molecule has 0 amide bonds. The van der Waals surface area contributed by atoms with Crippen LogP contribution in [0.4, 0.5) is 0 Å². The lowest BCUT2D eigenvalue weighted by Crippen LogP contribution is -2.09. The summed E-state index contributed by atoms with van der Waals surface area (Å²) in [6, 6.07) is 8.44. The Morgan fingerprint density at radius 1 is 1.50 bits per heavy atom. The first-order valence-corrected chi connectivity index (χ1v) is 6.65. The van der Waals surface area contributed by atoms with E-state index in [1.807, 2.05) is 0 Å². The minimum Gasteiger partial charge on any atom is -0.329 e. The number of nitrogens with two attached hydrogens (primary N) is 1. The fourth-order valence-corrected chi connectivity index (χ4v) is 3.12. The summed E-state index contributed by atoms with van der Waals surface area (Å²) in [5.41, 5.74) is 8.32. The van der Waals surface area contributed by atoms with Crippen LogP contribution in [0.3, 0.4) is 0 Å². The molecule has 1 unspecified atom stereocenters. The van der Waals surface area contributed by atoms with Gasteiger partial charge in [0.2, 0.25) is 0 Å². The SMILES string of the molecule is Cc1cccc(C(CN)Sc2ncns2)c1. The topological polar surface area (TPSA) is 51.8 Å². The van der Waals surface area contributed by atoms with E-state index in [-0.39, 0.29) is 5.25 Å². The molecule has 0 bridgehead atoms. The van der Waals surface area contributed by atoms with Gasteiger partial charge in [0.25, 0.3) is 0 Å². The summed E-state index contributed by atoms with van der Waals surface area (Å²) in [5, 5.41) is 0.257. The molecule has 0 spiro atoms. The molecule has 0 radical (unpaired) electrons. The lowest BCUT2D eigenvalue weighted by Gasteiger charge is -2.13. The summed E-state index contributed by atoms with van der Waals surface area (Å²) in [6.45, 7) is 2.69. The Labute approximate surface area is 103 Å². The van der Waals surface area contributed by atoms with Crippen LogP contribution in [-0.4, -0.2) is 15.9 Å². The maximum atomic E-state index is 5.81. The van der Waals surface area contributed by atoms with E-state index >= 15 is 0 Å². The van der Waals surface area contributed by atoms with Gasteiger partial charge in [-0.25, -0.2) is 4.98 Å². The van der Waals surface area contributed by atoms with E-state index in [9.17, 15) is 0 Å². The highest BCUT2D eigenvalue weighted by molar-refractivity contribution is 8.01. The van der Waals surface area contributed by atoms with Crippen LogP contribution in [0.5, 0.6) is 0 Å². The quantitative estimate of drug-likeness (QED) is 0.849. The van der Waals surface area contributed by atoms with Gasteiger partial charge in [-0.2, -0.15) is 4.37 Å². The lowest BCUT2D eigenvalue weighted by atomic mass is 10.1. The second-order valence-corrected chi connectivity index (χ2v) is 5.69. The third-order valence-corrected chi connectivity index (χ3v) is 4.24. The van der Waals surface area contributed by atoms with Crippen molar-refractivity contribution in [3.8, 4) is 0 Å². The minimum absolute atomic E-state index is 0.257. The molecular formula is C11H13N3S2. The van der Waals surface area contributed by atoms with Gasteiger partial charge in [-0.05, 0) is 24.0 Å². The molecule has 16 heavy (non-hydrogen) atoms. The predicted octanol–water partition coefficient (Wildman–Crippen LogP) is 2.64. The van der Waals surface area contributed by atoms with Gasteiger partial charge >= 0.3 is 0 Å². The first kappa shape index (κ1) is 11.6. The van der Waals surface area contributed by atoms with Gasteiger partial charge in [-0.1, -0.05) is 41.6 Å². The van der Waals surface area contributed by atoms with Gasteiger partial charge in [0.05, 0.1) is 0 Å². The summed E-state index contributed by atoms with van der Waals surface area (Å²) in [6.07, 6.45) is 1.58. The van der Waals surface area contributed by atoms with E-state index in [1.165, 1.54) is 22.7 Å². The maximum Gasteiger partial charge on any atom is 0.170 e. The Morgan fingerprint density at radius 3 is 3.00 bits per heavy atom. The van der Waals surface area contributed by atoms with Gasteiger partial charge in [0, 0.05) is 11.8 Å². The lowest BCUT2D eigenvalue weighted by molar-refractivity contribution is 0.937. The van der Waals surface area contributed by atoms with Crippen molar-refractivity contribution in [2.75, 3.05) is 6.54 Å². The zero-order valence-corrected chi connectivity index (χ0v) is 10.6. The van der Waals surface area contributed by atoms with Gasteiger partial charge < -0.3 is 5.73 Å². The number of aryl methyl sites for hydroxylation is 1. The van der Waals surface area contributed by atoms with Crippen molar-refractivity contribution < 1.29 is 0 Å². The van der Waals surface area contributed by atoms with E-state index in [1.54, 1.807) is 18.1 Å². The molecule has 1 atom stereocenters. The molecule has 0 fully saturated rings. The zero-order valence-electron chi connectivity index (χ0n) is 8.96. The van der Waals surface area contributed by atoms with E-state index in [0.717, 1.165) is 4.34 Å². The summed E-state index contributed by atoms with van der Waals surface area (Å²) in [5.74, 6) is 0. The number of rotatable bonds is 4. The molecule has 1 aromatic heterocycles. The molecule has 2 N–H and O–H groups in total. The number of thioether (sulfide) groups is 1. The van der Waals surface area contributed by atoms with Crippen molar-refractivity contribution in [1.29, 1.82) is 0 Å². The van der Waals surface area contributed by atoms with Crippen molar-refractivity contribution in [3.63, 3.8) is 0 Å². The van der Waals surface area contributed by atoms with Crippen LogP contribution >= 0.6 is 23.3 Å². The second-order valence-electron chi connectivity index (χ2n) is 3.46. The molecule has 1 heterocycles. The standard InChI is InChI=1S/C11H13N3S2/c1-8-3-2-4-9(5-8)10(6-12)15-11-13-7-14-16-11/h2-5,7,10H,6,12H2,1H3. The molecule has 0 saturated carbocycles. The van der Waals surface area contributed by atoms with E-state index in [2.05, 4.69) is 40.5 Å². The van der Waals surface area contributed by atoms with Crippen LogP contribution < -0.4 is 5.73 Å². The molecule has 2 rings (SSSR count). The Kier molecular flexibility index (Phi) is 3.93. The van der Waals surface area contributed by atoms with Crippen LogP contribution in [-0.2, 0) is 0 Å². The Balaban J connectivity index is 2.16. The second kappa shape index (κ2) is 5.43. The average Bonchev–Trinajstić information content (AvgIpc) is 2.78. The van der Waals surface area contributed by atoms with Crippen LogP contribution in [0.2, 0.25) is 0 Å². The fraction of sp³-hybridized carbons (Fsp3) is 0.273. The molecule has 1 aromatic carbocycles. The highest BCUT2D eigenvalue weighted by Gasteiger charge is 2.13. The van der Waals surface area contributed by atoms with E-state index in [4.69, 9.17) is 5.73 Å². The number of hydrogen-bond acceptors (Lipinski definition) is 5. The van der Waals surface area contributed by atoms with Crippen molar-refractivity contribution in [2.24, 2.45) is 5.73 Å². The monoisotopic (exact) mass is 251 g/mol. The minimum atomic E-state index is 0.257. The Morgan fingerprint density at radius 2 is 2.38 bits per heavy atom. The van der Waals surface area contributed by atoms with Crippen LogP contribution in [0, 0.1) is 6.92 Å². The van der Waals surface area contributed by atoms with Crippen molar-refractivity contribution in [2.45, 2.75) is 16.5 Å². The number of benzene rings is 1. The van der Waals surface area contributed by atoms with Crippen LogP contribution in [0.1, 0.15) is 16.4 Å². The Bertz CT molecular complexity index is 442. The molecule has 0 aliphatic rings. The molecule has 84 valence electrons. The smallest absolute Gasteiger partial charge is 0.170 e. The molecule has 2 aromatic rings. The average molecular weight is 251 g/mol. The highest BCUT2D eigenvalue weighted by atomic mass is 32.2. The van der Waals surface area contributed by atoms with Crippen molar-refractivity contribution >= 4 is 23.3 Å². The number of nitrogens with zero attached hydrogens (tertiary/aromatic N) is 2. The predicted molar refractivity (Wildman–Crippen MR) is 68.7 cm³/mol. The number of hydrogen-bond donors (Lipinski definition) is 1. The van der Waals surface area contributed by atoms with Gasteiger partial charge in [0.15, 0.2) is 4.34 Å².